The second-order valence-corrected chi connectivity index (χ2v) is 7.87. The van der Waals surface area contributed by atoms with Gasteiger partial charge in [0.2, 0.25) is 5.95 Å². The number of fused-ring (bicyclic) bond motifs is 1. The number of methoxy groups -OCH3 is 2. The molecule has 4 rings (SSSR count). The van der Waals surface area contributed by atoms with E-state index in [1.165, 1.54) is 0 Å². The molecular weight excluding hydrogens is 392 g/mol. The van der Waals surface area contributed by atoms with Gasteiger partial charge in [0, 0.05) is 45.3 Å². The maximum absolute atomic E-state index is 5.64. The summed E-state index contributed by atoms with van der Waals surface area (Å²) in [5.74, 6) is 2.65. The zero-order valence-corrected chi connectivity index (χ0v) is 18.7. The summed E-state index contributed by atoms with van der Waals surface area (Å²) in [6.07, 6.45) is 1.05. The van der Waals surface area contributed by atoms with Crippen LogP contribution in [-0.2, 0) is 18.3 Å². The zero-order chi connectivity index (χ0) is 21.6. The van der Waals surface area contributed by atoms with Crippen LogP contribution in [0.4, 0.5) is 5.95 Å². The number of hydrogen-bond acceptors (Lipinski definition) is 6. The Kier molecular flexibility index (Phi) is 6.94. The number of nitrogens with zero attached hydrogens (tertiary/aromatic N) is 4. The fraction of sp³-hybridized carbons (Fsp3) is 0.458. The van der Waals surface area contributed by atoms with Crippen LogP contribution in [-0.4, -0.2) is 68.1 Å². The molecule has 0 saturated carbocycles. The molecule has 0 N–H and O–H groups in total. The van der Waals surface area contributed by atoms with Crippen LogP contribution in [0.25, 0.3) is 11.0 Å². The van der Waals surface area contributed by atoms with E-state index in [0.29, 0.717) is 6.54 Å². The maximum atomic E-state index is 5.64. The van der Waals surface area contributed by atoms with Gasteiger partial charge in [-0.05, 0) is 36.8 Å². The SMILES string of the molecule is COc1ccc(OC)c(CN(CCCN2CCOCC2)c2nc3ccccc3n2C)c1. The minimum Gasteiger partial charge on any atom is -0.497 e. The van der Waals surface area contributed by atoms with Crippen molar-refractivity contribution in [3.8, 4) is 11.5 Å². The van der Waals surface area contributed by atoms with Gasteiger partial charge >= 0.3 is 0 Å². The minimum absolute atomic E-state index is 0.695. The first-order valence-corrected chi connectivity index (χ1v) is 10.9. The summed E-state index contributed by atoms with van der Waals surface area (Å²) in [5.41, 5.74) is 3.23. The van der Waals surface area contributed by atoms with Crippen molar-refractivity contribution in [1.29, 1.82) is 0 Å². The van der Waals surface area contributed by atoms with Gasteiger partial charge in [-0.25, -0.2) is 4.98 Å². The molecule has 0 bridgehead atoms. The molecule has 1 aliphatic heterocycles. The lowest BCUT2D eigenvalue weighted by Crippen LogP contribution is -2.38. The Morgan fingerprint density at radius 2 is 1.87 bits per heavy atom. The van der Waals surface area contributed by atoms with Gasteiger partial charge in [0.25, 0.3) is 0 Å². The highest BCUT2D eigenvalue weighted by molar-refractivity contribution is 5.78. The first kappa shape index (κ1) is 21.5. The van der Waals surface area contributed by atoms with Crippen molar-refractivity contribution < 1.29 is 14.2 Å². The Hall–Kier alpha value is -2.77. The predicted molar refractivity (Wildman–Crippen MR) is 123 cm³/mol. The van der Waals surface area contributed by atoms with Crippen LogP contribution in [0, 0.1) is 0 Å². The molecule has 1 fully saturated rings. The van der Waals surface area contributed by atoms with Crippen molar-refractivity contribution in [2.24, 2.45) is 7.05 Å². The quantitative estimate of drug-likeness (QED) is 0.525. The Morgan fingerprint density at radius 3 is 2.61 bits per heavy atom. The van der Waals surface area contributed by atoms with Crippen molar-refractivity contribution in [2.45, 2.75) is 13.0 Å². The molecule has 0 unspecified atom stereocenters. The average molecular weight is 425 g/mol. The van der Waals surface area contributed by atoms with E-state index in [1.54, 1.807) is 14.2 Å². The molecule has 0 aliphatic carbocycles. The van der Waals surface area contributed by atoms with E-state index in [2.05, 4.69) is 45.7 Å². The molecule has 2 heterocycles. The number of rotatable bonds is 9. The molecule has 31 heavy (non-hydrogen) atoms. The molecule has 0 spiro atoms. The second-order valence-electron chi connectivity index (χ2n) is 7.87. The van der Waals surface area contributed by atoms with Crippen molar-refractivity contribution >= 4 is 17.0 Å². The van der Waals surface area contributed by atoms with Gasteiger partial charge in [-0.15, -0.1) is 0 Å². The Morgan fingerprint density at radius 1 is 1.06 bits per heavy atom. The topological polar surface area (TPSA) is 52.0 Å². The van der Waals surface area contributed by atoms with Crippen molar-refractivity contribution in [2.75, 3.05) is 58.5 Å². The normalized spacial score (nSPS) is 14.7. The van der Waals surface area contributed by atoms with E-state index in [9.17, 15) is 0 Å². The number of aromatic nitrogens is 2. The molecule has 0 atom stereocenters. The number of ether oxygens (including phenoxy) is 3. The van der Waals surface area contributed by atoms with Crippen molar-refractivity contribution in [3.05, 3.63) is 48.0 Å². The van der Waals surface area contributed by atoms with E-state index in [0.717, 1.165) is 79.9 Å². The molecule has 1 aliphatic rings. The summed E-state index contributed by atoms with van der Waals surface area (Å²) in [4.78, 5) is 9.78. The summed E-state index contributed by atoms with van der Waals surface area (Å²) in [7, 11) is 5.49. The maximum Gasteiger partial charge on any atom is 0.206 e. The highest BCUT2D eigenvalue weighted by Gasteiger charge is 2.19. The third kappa shape index (κ3) is 4.94. The van der Waals surface area contributed by atoms with Gasteiger partial charge < -0.3 is 23.7 Å². The highest BCUT2D eigenvalue weighted by Crippen LogP contribution is 2.28. The second kappa shape index (κ2) is 10.0. The van der Waals surface area contributed by atoms with E-state index in [1.807, 2.05) is 18.2 Å². The van der Waals surface area contributed by atoms with Crippen LogP contribution >= 0.6 is 0 Å². The summed E-state index contributed by atoms with van der Waals surface area (Å²) < 4.78 is 18.8. The van der Waals surface area contributed by atoms with Gasteiger partial charge in [0.1, 0.15) is 11.5 Å². The zero-order valence-electron chi connectivity index (χ0n) is 18.7. The number of morpholine rings is 1. The average Bonchev–Trinajstić information content (AvgIpc) is 3.15. The van der Waals surface area contributed by atoms with Crippen LogP contribution in [0.15, 0.2) is 42.5 Å². The summed E-state index contributed by atoms with van der Waals surface area (Å²) in [6.45, 7) is 6.32. The standard InChI is InChI=1S/C24H32N4O3/c1-26-22-8-5-4-7-21(22)25-24(26)28(12-6-11-27-13-15-31-16-14-27)18-19-17-20(29-2)9-10-23(19)30-3/h4-5,7-10,17H,6,11-16,18H2,1-3H3. The van der Waals surface area contributed by atoms with Gasteiger partial charge in [-0.3, -0.25) is 4.90 Å². The molecule has 1 aromatic heterocycles. The first-order chi connectivity index (χ1) is 15.2. The fourth-order valence-electron chi connectivity index (χ4n) is 4.19. The molecule has 7 heteroatoms. The van der Waals surface area contributed by atoms with Crippen LogP contribution in [0.5, 0.6) is 11.5 Å². The minimum atomic E-state index is 0.695. The first-order valence-electron chi connectivity index (χ1n) is 10.9. The van der Waals surface area contributed by atoms with Crippen LogP contribution < -0.4 is 14.4 Å². The Balaban J connectivity index is 1.59. The highest BCUT2D eigenvalue weighted by atomic mass is 16.5. The number of hydrogen-bond donors (Lipinski definition) is 0. The molecule has 3 aromatic rings. The van der Waals surface area contributed by atoms with Crippen molar-refractivity contribution in [1.82, 2.24) is 14.5 Å². The molecule has 2 aromatic carbocycles. The number of imidazole rings is 1. The molecule has 1 saturated heterocycles. The van der Waals surface area contributed by atoms with Gasteiger partial charge in [0.05, 0.1) is 38.5 Å². The largest absolute Gasteiger partial charge is 0.497 e. The van der Waals surface area contributed by atoms with Crippen LogP contribution in [0.1, 0.15) is 12.0 Å². The Bertz CT molecular complexity index is 998. The number of para-hydroxylation sites is 2. The van der Waals surface area contributed by atoms with Crippen molar-refractivity contribution in [3.63, 3.8) is 0 Å². The van der Waals surface area contributed by atoms with Crippen LogP contribution in [0.3, 0.4) is 0 Å². The molecular formula is C24H32N4O3. The lowest BCUT2D eigenvalue weighted by atomic mass is 10.1. The van der Waals surface area contributed by atoms with Crippen LogP contribution in [0.2, 0.25) is 0 Å². The van der Waals surface area contributed by atoms with Gasteiger partial charge in [-0.2, -0.15) is 0 Å². The number of anilines is 1. The lowest BCUT2D eigenvalue weighted by molar-refractivity contribution is 0.0376. The van der Waals surface area contributed by atoms with Gasteiger partial charge in [0.15, 0.2) is 0 Å². The van der Waals surface area contributed by atoms with E-state index in [4.69, 9.17) is 19.2 Å². The number of aryl methyl sites for hydroxylation is 1. The van der Waals surface area contributed by atoms with E-state index >= 15 is 0 Å². The van der Waals surface area contributed by atoms with Gasteiger partial charge in [-0.1, -0.05) is 12.1 Å². The molecule has 0 radical (unpaired) electrons. The van der Waals surface area contributed by atoms with E-state index in [-0.39, 0.29) is 0 Å². The summed E-state index contributed by atoms with van der Waals surface area (Å²) in [5, 5.41) is 0. The summed E-state index contributed by atoms with van der Waals surface area (Å²) >= 11 is 0. The van der Waals surface area contributed by atoms with E-state index < -0.39 is 0 Å². The third-order valence-corrected chi connectivity index (χ3v) is 5.90. The molecule has 166 valence electrons. The Labute approximate surface area is 184 Å². The smallest absolute Gasteiger partial charge is 0.206 e. The monoisotopic (exact) mass is 424 g/mol. The molecule has 7 nitrogen and oxygen atoms in total. The number of benzene rings is 2. The fourth-order valence-corrected chi connectivity index (χ4v) is 4.19. The third-order valence-electron chi connectivity index (χ3n) is 5.90. The molecule has 0 amide bonds. The summed E-state index contributed by atoms with van der Waals surface area (Å²) in [6, 6.07) is 14.2. The predicted octanol–water partition coefficient (Wildman–Crippen LogP) is 3.32. The lowest BCUT2D eigenvalue weighted by Gasteiger charge is -2.29.